The van der Waals surface area contributed by atoms with E-state index in [1.54, 1.807) is 31.4 Å². The van der Waals surface area contributed by atoms with Crippen molar-refractivity contribution in [1.82, 2.24) is 15.0 Å². The van der Waals surface area contributed by atoms with Gasteiger partial charge in [0.25, 0.3) is 5.91 Å². The number of fused-ring (bicyclic) bond motifs is 1. The van der Waals surface area contributed by atoms with Gasteiger partial charge in [-0.2, -0.15) is 0 Å². The number of carbonyl (C=O) groups excluding carboxylic acids is 1. The molecule has 0 unspecified atom stereocenters. The fourth-order valence-electron chi connectivity index (χ4n) is 2.85. The third-order valence-corrected chi connectivity index (χ3v) is 4.32. The third kappa shape index (κ3) is 3.64. The van der Waals surface area contributed by atoms with Crippen molar-refractivity contribution < 1.29 is 9.53 Å². The summed E-state index contributed by atoms with van der Waals surface area (Å²) in [5.74, 6) is 0.593. The predicted molar refractivity (Wildman–Crippen MR) is 104 cm³/mol. The Kier molecular flexibility index (Phi) is 4.53. The molecule has 0 aliphatic carbocycles. The van der Waals surface area contributed by atoms with Crippen molar-refractivity contribution in [3.63, 3.8) is 0 Å². The number of nitrogens with zero attached hydrogens (tertiary/aromatic N) is 3. The zero-order valence-corrected chi connectivity index (χ0v) is 14.8. The molecule has 0 spiro atoms. The zero-order valence-electron chi connectivity index (χ0n) is 14.8. The molecule has 27 heavy (non-hydrogen) atoms. The Morgan fingerprint density at radius 3 is 2.48 bits per heavy atom. The molecule has 0 radical (unpaired) electrons. The van der Waals surface area contributed by atoms with Gasteiger partial charge >= 0.3 is 0 Å². The summed E-state index contributed by atoms with van der Waals surface area (Å²) in [4.78, 5) is 12.4. The van der Waals surface area contributed by atoms with E-state index in [0.29, 0.717) is 12.1 Å². The second kappa shape index (κ2) is 7.29. The van der Waals surface area contributed by atoms with Crippen LogP contribution in [0.3, 0.4) is 0 Å². The first-order valence-corrected chi connectivity index (χ1v) is 8.55. The number of hydrogen-bond acceptors (Lipinski definition) is 4. The number of rotatable bonds is 5. The van der Waals surface area contributed by atoms with Crippen molar-refractivity contribution in [2.24, 2.45) is 0 Å². The van der Waals surface area contributed by atoms with E-state index in [0.717, 1.165) is 28.0 Å². The SMILES string of the molecule is COc1ccc(NC(=O)c2ccc(Cn3nnc4ccccc43)cc2)cc1. The van der Waals surface area contributed by atoms with Crippen LogP contribution in [0.25, 0.3) is 11.0 Å². The number of carbonyl (C=O) groups is 1. The molecule has 0 atom stereocenters. The van der Waals surface area contributed by atoms with Crippen LogP contribution in [-0.4, -0.2) is 28.0 Å². The minimum atomic E-state index is -0.155. The topological polar surface area (TPSA) is 69.0 Å². The van der Waals surface area contributed by atoms with Gasteiger partial charge in [0.05, 0.1) is 19.2 Å². The van der Waals surface area contributed by atoms with Gasteiger partial charge in [0.2, 0.25) is 0 Å². The van der Waals surface area contributed by atoms with Crippen LogP contribution in [-0.2, 0) is 6.54 Å². The molecule has 0 fully saturated rings. The van der Waals surface area contributed by atoms with Crippen molar-refractivity contribution in [2.45, 2.75) is 6.54 Å². The number of anilines is 1. The molecule has 1 N–H and O–H groups in total. The van der Waals surface area contributed by atoms with Gasteiger partial charge in [0.15, 0.2) is 0 Å². The molecule has 1 aromatic heterocycles. The second-order valence-electron chi connectivity index (χ2n) is 6.12. The Hall–Kier alpha value is -3.67. The Morgan fingerprint density at radius 2 is 1.74 bits per heavy atom. The van der Waals surface area contributed by atoms with Crippen LogP contribution in [0.15, 0.2) is 72.8 Å². The van der Waals surface area contributed by atoms with Gasteiger partial charge in [-0.1, -0.05) is 29.5 Å². The molecule has 1 heterocycles. The summed E-state index contributed by atoms with van der Waals surface area (Å²) in [6.45, 7) is 0.598. The summed E-state index contributed by atoms with van der Waals surface area (Å²) >= 11 is 0. The van der Waals surface area contributed by atoms with Crippen LogP contribution in [0.1, 0.15) is 15.9 Å². The summed E-state index contributed by atoms with van der Waals surface area (Å²) in [5, 5.41) is 11.2. The van der Waals surface area contributed by atoms with Crippen molar-refractivity contribution in [2.75, 3.05) is 12.4 Å². The van der Waals surface area contributed by atoms with E-state index in [9.17, 15) is 4.79 Å². The average Bonchev–Trinajstić information content (AvgIpc) is 3.12. The first kappa shape index (κ1) is 16.8. The Balaban J connectivity index is 1.45. The third-order valence-electron chi connectivity index (χ3n) is 4.32. The molecule has 4 aromatic rings. The molecule has 0 bridgehead atoms. The molecule has 0 saturated carbocycles. The summed E-state index contributed by atoms with van der Waals surface area (Å²) in [6.07, 6.45) is 0. The van der Waals surface area contributed by atoms with Crippen molar-refractivity contribution in [3.8, 4) is 5.75 Å². The number of methoxy groups -OCH3 is 1. The molecule has 1 amide bonds. The first-order valence-electron chi connectivity index (χ1n) is 8.55. The standard InChI is InChI=1S/C21H18N4O2/c1-27-18-12-10-17(11-13-18)22-21(26)16-8-6-15(7-9-16)14-25-20-5-3-2-4-19(20)23-24-25/h2-13H,14H2,1H3,(H,22,26). The Morgan fingerprint density at radius 1 is 1.00 bits per heavy atom. The number of ether oxygens (including phenoxy) is 1. The molecular weight excluding hydrogens is 340 g/mol. The average molecular weight is 358 g/mol. The minimum Gasteiger partial charge on any atom is -0.497 e. The minimum absolute atomic E-state index is 0.155. The highest BCUT2D eigenvalue weighted by atomic mass is 16.5. The number of para-hydroxylation sites is 1. The summed E-state index contributed by atoms with van der Waals surface area (Å²) in [7, 11) is 1.61. The Labute approximate surface area is 156 Å². The molecule has 4 rings (SSSR count). The molecular formula is C21H18N4O2. The van der Waals surface area contributed by atoms with Crippen molar-refractivity contribution in [1.29, 1.82) is 0 Å². The fraction of sp³-hybridized carbons (Fsp3) is 0.0952. The monoisotopic (exact) mass is 358 g/mol. The highest BCUT2D eigenvalue weighted by molar-refractivity contribution is 6.04. The fourth-order valence-corrected chi connectivity index (χ4v) is 2.85. The smallest absolute Gasteiger partial charge is 0.255 e. The van der Waals surface area contributed by atoms with Gasteiger partial charge in [-0.25, -0.2) is 4.68 Å². The van der Waals surface area contributed by atoms with Crippen LogP contribution >= 0.6 is 0 Å². The molecule has 0 aliphatic rings. The lowest BCUT2D eigenvalue weighted by molar-refractivity contribution is 0.102. The molecule has 0 aliphatic heterocycles. The largest absolute Gasteiger partial charge is 0.497 e. The number of hydrogen-bond donors (Lipinski definition) is 1. The van der Waals surface area contributed by atoms with E-state index >= 15 is 0 Å². The van der Waals surface area contributed by atoms with E-state index in [2.05, 4.69) is 15.6 Å². The lowest BCUT2D eigenvalue weighted by Gasteiger charge is -2.07. The predicted octanol–water partition coefficient (Wildman–Crippen LogP) is 3.74. The van der Waals surface area contributed by atoms with Crippen LogP contribution in [0.2, 0.25) is 0 Å². The van der Waals surface area contributed by atoms with E-state index in [1.165, 1.54) is 0 Å². The van der Waals surface area contributed by atoms with Crippen LogP contribution in [0.5, 0.6) is 5.75 Å². The lowest BCUT2D eigenvalue weighted by atomic mass is 10.1. The maximum atomic E-state index is 12.4. The summed E-state index contributed by atoms with van der Waals surface area (Å²) in [6, 6.07) is 22.5. The van der Waals surface area contributed by atoms with E-state index in [-0.39, 0.29) is 5.91 Å². The van der Waals surface area contributed by atoms with Gasteiger partial charge in [0, 0.05) is 11.3 Å². The quantitative estimate of drug-likeness (QED) is 0.590. The van der Waals surface area contributed by atoms with Crippen molar-refractivity contribution in [3.05, 3.63) is 83.9 Å². The molecule has 0 saturated heterocycles. The van der Waals surface area contributed by atoms with E-state index in [1.807, 2.05) is 53.2 Å². The van der Waals surface area contributed by atoms with Crippen molar-refractivity contribution >= 4 is 22.6 Å². The van der Waals surface area contributed by atoms with E-state index in [4.69, 9.17) is 4.74 Å². The second-order valence-corrected chi connectivity index (χ2v) is 6.12. The normalized spacial score (nSPS) is 10.7. The molecule has 3 aromatic carbocycles. The molecule has 6 heteroatoms. The van der Waals surface area contributed by atoms with Crippen LogP contribution in [0.4, 0.5) is 5.69 Å². The van der Waals surface area contributed by atoms with Crippen LogP contribution in [0, 0.1) is 0 Å². The summed E-state index contributed by atoms with van der Waals surface area (Å²) < 4.78 is 6.97. The van der Waals surface area contributed by atoms with Gasteiger partial charge in [-0.05, 0) is 54.1 Å². The van der Waals surface area contributed by atoms with Gasteiger partial charge in [0.1, 0.15) is 11.3 Å². The highest BCUT2D eigenvalue weighted by Crippen LogP contribution is 2.17. The number of nitrogens with one attached hydrogen (secondary N) is 1. The maximum absolute atomic E-state index is 12.4. The van der Waals surface area contributed by atoms with Gasteiger partial charge in [-0.15, -0.1) is 5.10 Å². The van der Waals surface area contributed by atoms with Gasteiger partial charge in [-0.3, -0.25) is 4.79 Å². The first-order chi connectivity index (χ1) is 13.2. The number of benzene rings is 3. The zero-order chi connectivity index (χ0) is 18.6. The highest BCUT2D eigenvalue weighted by Gasteiger charge is 2.08. The van der Waals surface area contributed by atoms with Gasteiger partial charge < -0.3 is 10.1 Å². The van der Waals surface area contributed by atoms with Crippen LogP contribution < -0.4 is 10.1 Å². The lowest BCUT2D eigenvalue weighted by Crippen LogP contribution is -2.12. The Bertz CT molecular complexity index is 1070. The maximum Gasteiger partial charge on any atom is 0.255 e. The number of amides is 1. The molecule has 6 nitrogen and oxygen atoms in total. The summed E-state index contributed by atoms with van der Waals surface area (Å²) in [5.41, 5.74) is 4.22. The van der Waals surface area contributed by atoms with E-state index < -0.39 is 0 Å². The molecule has 134 valence electrons. The number of aromatic nitrogens is 3.